The molecule has 0 saturated carbocycles. The fraction of sp³-hybridized carbons (Fsp3) is 0.222. The predicted octanol–water partition coefficient (Wildman–Crippen LogP) is 5.63. The van der Waals surface area contributed by atoms with E-state index in [9.17, 15) is 14.4 Å². The summed E-state index contributed by atoms with van der Waals surface area (Å²) in [6, 6.07) is 19.6. The number of halogens is 4. The van der Waals surface area contributed by atoms with Crippen molar-refractivity contribution in [2.45, 2.75) is 16.4 Å². The van der Waals surface area contributed by atoms with Gasteiger partial charge >= 0.3 is 5.97 Å². The van der Waals surface area contributed by atoms with Gasteiger partial charge in [0.25, 0.3) is 0 Å². The van der Waals surface area contributed by atoms with Gasteiger partial charge in [-0.15, -0.1) is 23.2 Å². The fourth-order valence-corrected chi connectivity index (χ4v) is 7.27. The van der Waals surface area contributed by atoms with Crippen molar-refractivity contribution in [3.05, 3.63) is 105 Å². The van der Waals surface area contributed by atoms with Crippen LogP contribution < -0.4 is 0 Å². The summed E-state index contributed by atoms with van der Waals surface area (Å²) in [7, 11) is 0. The highest BCUT2D eigenvalue weighted by Crippen LogP contribution is 2.69. The molecule has 9 heteroatoms. The van der Waals surface area contributed by atoms with E-state index in [1.54, 1.807) is 18.2 Å². The maximum atomic E-state index is 13.7. The van der Waals surface area contributed by atoms with E-state index in [-0.39, 0.29) is 6.61 Å². The number of rotatable bonds is 4. The van der Waals surface area contributed by atoms with Gasteiger partial charge in [-0.2, -0.15) is 0 Å². The Morgan fingerprint density at radius 2 is 1.25 bits per heavy atom. The van der Waals surface area contributed by atoms with Crippen molar-refractivity contribution in [3.8, 4) is 0 Å². The molecule has 3 aliphatic carbocycles. The number of imide groups is 1. The second-order valence-electron chi connectivity index (χ2n) is 9.14. The number of carbonyl (C=O) groups is 3. The second kappa shape index (κ2) is 8.22. The van der Waals surface area contributed by atoms with Gasteiger partial charge in [-0.3, -0.25) is 19.3 Å². The van der Waals surface area contributed by atoms with E-state index in [0.29, 0.717) is 37.9 Å². The van der Waals surface area contributed by atoms with E-state index in [1.165, 1.54) is 0 Å². The Hall–Kier alpha value is -2.57. The molecule has 1 saturated heterocycles. The Bertz CT molecular complexity index is 1350. The highest BCUT2D eigenvalue weighted by molar-refractivity contribution is 6.42. The van der Waals surface area contributed by atoms with E-state index in [0.717, 1.165) is 4.90 Å². The summed E-state index contributed by atoms with van der Waals surface area (Å²) in [5.74, 6) is -3.74. The van der Waals surface area contributed by atoms with Crippen LogP contribution in [0.4, 0.5) is 0 Å². The van der Waals surface area contributed by atoms with Gasteiger partial charge < -0.3 is 4.74 Å². The van der Waals surface area contributed by atoms with Crippen molar-refractivity contribution in [1.29, 1.82) is 0 Å². The lowest BCUT2D eigenvalue weighted by atomic mass is 9.54. The maximum Gasteiger partial charge on any atom is 0.326 e. The van der Waals surface area contributed by atoms with Gasteiger partial charge in [0.05, 0.1) is 21.9 Å². The molecule has 0 radical (unpaired) electrons. The third-order valence-electron chi connectivity index (χ3n) is 7.35. The van der Waals surface area contributed by atoms with Crippen LogP contribution in [0.1, 0.15) is 27.8 Å². The molecule has 2 atom stereocenters. The highest BCUT2D eigenvalue weighted by atomic mass is 35.5. The summed E-state index contributed by atoms with van der Waals surface area (Å²) in [6.07, 6.45) is 0. The van der Waals surface area contributed by atoms with E-state index in [1.807, 2.05) is 48.5 Å². The van der Waals surface area contributed by atoms with Gasteiger partial charge in [-0.25, -0.2) is 0 Å². The Morgan fingerprint density at radius 3 is 1.69 bits per heavy atom. The summed E-state index contributed by atoms with van der Waals surface area (Å²) in [5, 5.41) is 0.706. The molecule has 182 valence electrons. The molecule has 3 aromatic rings. The quantitative estimate of drug-likeness (QED) is 0.236. The van der Waals surface area contributed by atoms with Crippen LogP contribution >= 0.6 is 46.4 Å². The molecule has 0 unspecified atom stereocenters. The number of benzene rings is 3. The molecule has 1 aliphatic heterocycles. The lowest BCUT2D eigenvalue weighted by Gasteiger charge is -2.54. The monoisotopic (exact) mass is 559 g/mol. The van der Waals surface area contributed by atoms with Crippen LogP contribution in [0.2, 0.25) is 10.0 Å². The molecule has 0 aromatic heterocycles. The van der Waals surface area contributed by atoms with Gasteiger partial charge in [0.15, 0.2) is 0 Å². The normalized spacial score (nSPS) is 27.5. The number of alkyl halides is 2. The summed E-state index contributed by atoms with van der Waals surface area (Å²) < 4.78 is 5.33. The standard InChI is InChI=1S/C27H17Cl4NO4/c28-19-10-9-14(11-20(19)29)13-36-21(33)12-32-24(34)22-23(25(32)35)27(31)16-6-2-1-5-15(16)26(22,30)17-7-3-4-8-18(17)27/h1-11,22-23H,12-13H2/t22-,23+,26?,27?. The van der Waals surface area contributed by atoms with Crippen molar-refractivity contribution in [3.63, 3.8) is 0 Å². The predicted molar refractivity (Wildman–Crippen MR) is 136 cm³/mol. The van der Waals surface area contributed by atoms with Crippen LogP contribution in [0, 0.1) is 11.8 Å². The smallest absolute Gasteiger partial charge is 0.326 e. The molecule has 0 N–H and O–H groups in total. The Labute approximate surface area is 226 Å². The molecule has 2 amide bonds. The first-order chi connectivity index (χ1) is 17.2. The van der Waals surface area contributed by atoms with Gasteiger partial charge in [-0.05, 0) is 39.9 Å². The minimum absolute atomic E-state index is 0.0887. The van der Waals surface area contributed by atoms with E-state index in [4.69, 9.17) is 51.1 Å². The number of nitrogens with zero attached hydrogens (tertiary/aromatic N) is 1. The van der Waals surface area contributed by atoms with Crippen LogP contribution in [-0.2, 0) is 35.5 Å². The number of esters is 1. The number of hydrogen-bond acceptors (Lipinski definition) is 4. The summed E-state index contributed by atoms with van der Waals surface area (Å²) in [4.78, 5) is 38.5. The van der Waals surface area contributed by atoms with Gasteiger partial charge in [0, 0.05) is 0 Å². The molecule has 1 fully saturated rings. The number of amides is 2. The molecule has 7 rings (SSSR count). The summed E-state index contributed by atoms with van der Waals surface area (Å²) >= 11 is 26.6. The van der Waals surface area contributed by atoms with E-state index >= 15 is 0 Å². The number of carbonyl (C=O) groups excluding carboxylic acids is 3. The minimum atomic E-state index is -1.29. The third kappa shape index (κ3) is 3.07. The summed E-state index contributed by atoms with van der Waals surface area (Å²) in [5.41, 5.74) is 3.42. The Kier molecular flexibility index (Phi) is 5.44. The molecule has 1 heterocycles. The lowest BCUT2D eigenvalue weighted by molar-refractivity contribution is -0.153. The number of likely N-dealkylation sites (tertiary alicyclic amines) is 1. The molecular weight excluding hydrogens is 544 g/mol. The van der Waals surface area contributed by atoms with E-state index in [2.05, 4.69) is 0 Å². The first-order valence-electron chi connectivity index (χ1n) is 11.2. The van der Waals surface area contributed by atoms with Crippen molar-refractivity contribution in [2.24, 2.45) is 11.8 Å². The van der Waals surface area contributed by atoms with Crippen LogP contribution in [-0.4, -0.2) is 29.2 Å². The molecule has 36 heavy (non-hydrogen) atoms. The third-order valence-corrected chi connectivity index (χ3v) is 9.37. The van der Waals surface area contributed by atoms with Gasteiger partial charge in [0.1, 0.15) is 22.9 Å². The topological polar surface area (TPSA) is 63.7 Å². The zero-order valence-corrected chi connectivity index (χ0v) is 21.5. The zero-order chi connectivity index (χ0) is 25.4. The largest absolute Gasteiger partial charge is 0.459 e. The fourth-order valence-electron chi connectivity index (χ4n) is 5.85. The second-order valence-corrected chi connectivity index (χ2v) is 11.1. The Balaban J connectivity index is 1.34. The average Bonchev–Trinajstić information content (AvgIpc) is 3.14. The van der Waals surface area contributed by atoms with Gasteiger partial charge in [0.2, 0.25) is 11.8 Å². The summed E-state index contributed by atoms with van der Waals surface area (Å²) in [6.45, 7) is -0.632. The molecular formula is C27H17Cl4NO4. The van der Waals surface area contributed by atoms with Crippen molar-refractivity contribution in [2.75, 3.05) is 6.54 Å². The molecule has 5 nitrogen and oxygen atoms in total. The van der Waals surface area contributed by atoms with Crippen LogP contribution in [0.25, 0.3) is 0 Å². The number of ether oxygens (including phenoxy) is 1. The molecule has 0 spiro atoms. The Morgan fingerprint density at radius 1 is 0.778 bits per heavy atom. The van der Waals surface area contributed by atoms with Gasteiger partial charge in [-0.1, -0.05) is 77.8 Å². The SMILES string of the molecule is O=C(CN1C(=O)[C@@H]2[C@H](C1=O)C1(Cl)c3ccccc3C2(Cl)c2ccccc21)OCc1ccc(Cl)c(Cl)c1. The molecule has 4 aliphatic rings. The van der Waals surface area contributed by atoms with E-state index < -0.39 is 45.9 Å². The maximum absolute atomic E-state index is 13.7. The van der Waals surface area contributed by atoms with Crippen LogP contribution in [0.5, 0.6) is 0 Å². The van der Waals surface area contributed by atoms with Crippen molar-refractivity contribution in [1.82, 2.24) is 4.90 Å². The lowest BCUT2D eigenvalue weighted by Crippen LogP contribution is -2.57. The highest BCUT2D eigenvalue weighted by Gasteiger charge is 2.73. The van der Waals surface area contributed by atoms with Crippen molar-refractivity contribution < 1.29 is 19.1 Å². The first-order valence-corrected chi connectivity index (χ1v) is 12.7. The van der Waals surface area contributed by atoms with Crippen LogP contribution in [0.15, 0.2) is 66.7 Å². The minimum Gasteiger partial charge on any atom is -0.459 e. The first kappa shape index (κ1) is 23.8. The average molecular weight is 561 g/mol. The number of hydrogen-bond donors (Lipinski definition) is 0. The molecule has 2 bridgehead atoms. The van der Waals surface area contributed by atoms with Crippen molar-refractivity contribution >= 4 is 64.2 Å². The zero-order valence-electron chi connectivity index (χ0n) is 18.5. The van der Waals surface area contributed by atoms with Crippen LogP contribution in [0.3, 0.4) is 0 Å². The molecule has 3 aromatic carbocycles.